The van der Waals surface area contributed by atoms with Crippen LogP contribution in [0.25, 0.3) is 0 Å². The van der Waals surface area contributed by atoms with Gasteiger partial charge in [0, 0.05) is 0 Å². The molecule has 0 spiro atoms. The second kappa shape index (κ2) is 11.4. The first-order chi connectivity index (χ1) is 17.3. The zero-order valence-corrected chi connectivity index (χ0v) is 22.0. The zero-order chi connectivity index (χ0) is 27.4. The SMILES string of the molecule is Cc1ccc(S(=O)(=O)N(CC(=O)NCCOc2ccc(C)c(C)c2)c2ccc(Cl)c(C(F)(F)F)c2)cc1. The van der Waals surface area contributed by atoms with Gasteiger partial charge in [0.2, 0.25) is 5.91 Å². The van der Waals surface area contributed by atoms with Gasteiger partial charge in [-0.2, -0.15) is 13.2 Å². The highest BCUT2D eigenvalue weighted by Gasteiger charge is 2.35. The van der Waals surface area contributed by atoms with Gasteiger partial charge in [-0.15, -0.1) is 0 Å². The lowest BCUT2D eigenvalue weighted by atomic mass is 10.1. The number of halogens is 4. The number of amides is 1. The summed E-state index contributed by atoms with van der Waals surface area (Å²) in [5.74, 6) is -0.107. The molecule has 0 aromatic heterocycles. The third kappa shape index (κ3) is 7.17. The smallest absolute Gasteiger partial charge is 0.417 e. The summed E-state index contributed by atoms with van der Waals surface area (Å²) in [6, 6.07) is 14.0. The summed E-state index contributed by atoms with van der Waals surface area (Å²) in [7, 11) is -4.39. The molecule has 3 rings (SSSR count). The number of hydrogen-bond acceptors (Lipinski definition) is 4. The molecule has 0 bridgehead atoms. The van der Waals surface area contributed by atoms with Crippen molar-refractivity contribution >= 4 is 33.2 Å². The topological polar surface area (TPSA) is 75.7 Å². The van der Waals surface area contributed by atoms with Crippen LogP contribution in [0.5, 0.6) is 5.75 Å². The van der Waals surface area contributed by atoms with E-state index in [1.807, 2.05) is 26.0 Å². The highest BCUT2D eigenvalue weighted by molar-refractivity contribution is 7.92. The molecular formula is C26H26ClF3N2O4S. The number of carbonyl (C=O) groups is 1. The first-order valence-electron chi connectivity index (χ1n) is 11.2. The Hall–Kier alpha value is -3.24. The molecular weight excluding hydrogens is 529 g/mol. The first kappa shape index (κ1) is 28.3. The number of rotatable bonds is 9. The number of nitrogens with one attached hydrogen (secondary N) is 1. The van der Waals surface area contributed by atoms with E-state index in [2.05, 4.69) is 5.32 Å². The fraction of sp³-hybridized carbons (Fsp3) is 0.269. The molecule has 0 heterocycles. The summed E-state index contributed by atoms with van der Waals surface area (Å²) in [5.41, 5.74) is 1.38. The minimum absolute atomic E-state index is 0.0542. The Kier molecular flexibility index (Phi) is 8.76. The predicted molar refractivity (Wildman–Crippen MR) is 137 cm³/mol. The normalized spacial score (nSPS) is 11.8. The zero-order valence-electron chi connectivity index (χ0n) is 20.4. The Morgan fingerprint density at radius 3 is 2.27 bits per heavy atom. The highest BCUT2D eigenvalue weighted by Crippen LogP contribution is 2.38. The third-order valence-electron chi connectivity index (χ3n) is 5.61. The number of aryl methyl sites for hydroxylation is 3. The van der Waals surface area contributed by atoms with Gasteiger partial charge in [0.1, 0.15) is 18.9 Å². The van der Waals surface area contributed by atoms with E-state index >= 15 is 0 Å². The number of anilines is 1. The van der Waals surface area contributed by atoms with Crippen LogP contribution in [0.1, 0.15) is 22.3 Å². The Bertz CT molecular complexity index is 1380. The van der Waals surface area contributed by atoms with Gasteiger partial charge in [-0.05, 0) is 74.4 Å². The van der Waals surface area contributed by atoms with E-state index in [4.69, 9.17) is 16.3 Å². The summed E-state index contributed by atoms with van der Waals surface area (Å²) in [5, 5.41) is 1.96. The van der Waals surface area contributed by atoms with Crippen LogP contribution in [-0.4, -0.2) is 34.0 Å². The van der Waals surface area contributed by atoms with Crippen molar-refractivity contribution in [2.75, 3.05) is 24.0 Å². The minimum atomic E-state index is -4.82. The third-order valence-corrected chi connectivity index (χ3v) is 7.73. The lowest BCUT2D eigenvalue weighted by Gasteiger charge is -2.25. The fourth-order valence-corrected chi connectivity index (χ4v) is 5.03. The summed E-state index contributed by atoms with van der Waals surface area (Å²) in [4.78, 5) is 12.5. The minimum Gasteiger partial charge on any atom is -0.492 e. The first-order valence-corrected chi connectivity index (χ1v) is 13.0. The maximum absolute atomic E-state index is 13.5. The van der Waals surface area contributed by atoms with Crippen molar-refractivity contribution in [1.82, 2.24) is 5.32 Å². The highest BCUT2D eigenvalue weighted by atomic mass is 35.5. The van der Waals surface area contributed by atoms with Gasteiger partial charge in [0.05, 0.1) is 27.7 Å². The number of nitrogens with zero attached hydrogens (tertiary/aromatic N) is 1. The Morgan fingerprint density at radius 1 is 0.973 bits per heavy atom. The lowest BCUT2D eigenvalue weighted by Crippen LogP contribution is -2.42. The van der Waals surface area contributed by atoms with E-state index in [9.17, 15) is 26.4 Å². The molecule has 198 valence electrons. The van der Waals surface area contributed by atoms with Crippen molar-refractivity contribution in [2.45, 2.75) is 31.8 Å². The van der Waals surface area contributed by atoms with Crippen LogP contribution in [-0.2, 0) is 21.0 Å². The summed E-state index contributed by atoms with van der Waals surface area (Å²) >= 11 is 5.71. The van der Waals surface area contributed by atoms with Crippen molar-refractivity contribution in [1.29, 1.82) is 0 Å². The van der Waals surface area contributed by atoms with Crippen LogP contribution < -0.4 is 14.4 Å². The van der Waals surface area contributed by atoms with E-state index < -0.39 is 39.2 Å². The Balaban J connectivity index is 1.81. The van der Waals surface area contributed by atoms with Gasteiger partial charge in [-0.3, -0.25) is 9.10 Å². The number of ether oxygens (including phenoxy) is 1. The average molecular weight is 555 g/mol. The number of hydrogen-bond donors (Lipinski definition) is 1. The van der Waals surface area contributed by atoms with Crippen molar-refractivity contribution < 1.29 is 31.1 Å². The molecule has 37 heavy (non-hydrogen) atoms. The van der Waals surface area contributed by atoms with Crippen LogP contribution in [0.15, 0.2) is 65.6 Å². The van der Waals surface area contributed by atoms with Crippen LogP contribution >= 0.6 is 11.6 Å². The summed E-state index contributed by atoms with van der Waals surface area (Å²) < 4.78 is 73.4. The molecule has 0 unspecified atom stereocenters. The van der Waals surface area contributed by atoms with Gasteiger partial charge in [0.25, 0.3) is 10.0 Å². The Morgan fingerprint density at radius 2 is 1.65 bits per heavy atom. The molecule has 6 nitrogen and oxygen atoms in total. The molecule has 11 heteroatoms. The molecule has 0 aliphatic rings. The molecule has 0 saturated heterocycles. The van der Waals surface area contributed by atoms with Crippen molar-refractivity contribution in [3.05, 3.63) is 87.9 Å². The van der Waals surface area contributed by atoms with Gasteiger partial charge in [-0.1, -0.05) is 35.4 Å². The summed E-state index contributed by atoms with van der Waals surface area (Å²) in [6.45, 7) is 5.08. The molecule has 0 atom stereocenters. The van der Waals surface area contributed by atoms with Crippen molar-refractivity contribution in [2.24, 2.45) is 0 Å². The molecule has 0 saturated carbocycles. The average Bonchev–Trinajstić information content (AvgIpc) is 2.82. The monoisotopic (exact) mass is 554 g/mol. The lowest BCUT2D eigenvalue weighted by molar-refractivity contribution is -0.137. The largest absolute Gasteiger partial charge is 0.492 e. The number of carbonyl (C=O) groups excluding carboxylic acids is 1. The van der Waals surface area contributed by atoms with E-state index in [0.717, 1.165) is 28.8 Å². The second-order valence-electron chi connectivity index (χ2n) is 8.43. The second-order valence-corrected chi connectivity index (χ2v) is 10.7. The molecule has 1 N–H and O–H groups in total. The van der Waals surface area contributed by atoms with Crippen molar-refractivity contribution in [3.8, 4) is 5.75 Å². The fourth-order valence-electron chi connectivity index (χ4n) is 3.39. The molecule has 0 aliphatic heterocycles. The number of sulfonamides is 1. The molecule has 1 amide bonds. The van der Waals surface area contributed by atoms with Crippen LogP contribution in [0.4, 0.5) is 18.9 Å². The molecule has 0 aliphatic carbocycles. The van der Waals surface area contributed by atoms with Gasteiger partial charge in [0.15, 0.2) is 0 Å². The van der Waals surface area contributed by atoms with Crippen LogP contribution in [0.3, 0.4) is 0 Å². The quantitative estimate of drug-likeness (QED) is 0.346. The predicted octanol–water partition coefficient (Wildman–Crippen LogP) is 5.67. The van der Waals surface area contributed by atoms with Gasteiger partial charge in [-0.25, -0.2) is 8.42 Å². The molecule has 3 aromatic rings. The van der Waals surface area contributed by atoms with Gasteiger partial charge < -0.3 is 10.1 Å². The number of alkyl halides is 3. The maximum atomic E-state index is 13.5. The van der Waals surface area contributed by atoms with Gasteiger partial charge >= 0.3 is 6.18 Å². The summed E-state index contributed by atoms with van der Waals surface area (Å²) in [6.07, 6.45) is -4.82. The van der Waals surface area contributed by atoms with E-state index in [0.29, 0.717) is 16.1 Å². The van der Waals surface area contributed by atoms with Crippen molar-refractivity contribution in [3.63, 3.8) is 0 Å². The van der Waals surface area contributed by atoms with E-state index in [-0.39, 0.29) is 23.7 Å². The number of benzene rings is 3. The van der Waals surface area contributed by atoms with E-state index in [1.165, 1.54) is 12.1 Å². The molecule has 3 aromatic carbocycles. The van der Waals surface area contributed by atoms with Crippen LogP contribution in [0, 0.1) is 20.8 Å². The molecule has 0 radical (unpaired) electrons. The van der Waals surface area contributed by atoms with E-state index in [1.54, 1.807) is 25.1 Å². The molecule has 0 fully saturated rings. The van der Waals surface area contributed by atoms with Crippen LogP contribution in [0.2, 0.25) is 5.02 Å². The Labute approximate surface area is 219 Å². The standard InChI is InChI=1S/C26H26ClF3N2O4S/c1-17-4-9-22(10-5-17)37(34,35)32(20-7-11-24(27)23(15-20)26(28,29)30)16-25(33)31-12-13-36-21-8-6-18(2)19(3)14-21/h4-11,14-15H,12-13,16H2,1-3H3,(H,31,33). The maximum Gasteiger partial charge on any atom is 0.417 e.